The molecule has 0 radical (unpaired) electrons. The Labute approximate surface area is 163 Å². The highest BCUT2D eigenvalue weighted by Crippen LogP contribution is 2.21. The minimum absolute atomic E-state index is 0.0178. The number of ether oxygens (including phenoxy) is 1. The minimum Gasteiger partial charge on any atom is -0.378 e. The molecule has 0 spiro atoms. The smallest absolute Gasteiger partial charge is 0.282 e. The first-order chi connectivity index (χ1) is 12.5. The normalized spacial score (nSPS) is 17.0. The van der Waals surface area contributed by atoms with Gasteiger partial charge in [0.05, 0.1) is 29.5 Å². The largest absolute Gasteiger partial charge is 0.378 e. The fraction of sp³-hybridized carbons (Fsp3) is 0.421. The molecule has 1 aromatic carbocycles. The van der Waals surface area contributed by atoms with Crippen molar-refractivity contribution < 1.29 is 14.4 Å². The molecular formula is C19H25ClN3O2S+. The average molecular weight is 395 g/mol. The Morgan fingerprint density at radius 1 is 1.27 bits per heavy atom. The van der Waals surface area contributed by atoms with E-state index in [-0.39, 0.29) is 11.9 Å². The van der Waals surface area contributed by atoms with Crippen LogP contribution in [-0.2, 0) is 16.1 Å². The van der Waals surface area contributed by atoms with Gasteiger partial charge in [-0.05, 0) is 43.3 Å². The van der Waals surface area contributed by atoms with Crippen LogP contribution in [0.2, 0.25) is 4.34 Å². The third-order valence-electron chi connectivity index (χ3n) is 4.73. The Bertz CT molecular complexity index is 729. The fourth-order valence-electron chi connectivity index (χ4n) is 2.93. The molecule has 2 N–H and O–H groups in total. The van der Waals surface area contributed by atoms with Crippen molar-refractivity contribution in [3.63, 3.8) is 0 Å². The highest BCUT2D eigenvalue weighted by molar-refractivity contribution is 7.16. The van der Waals surface area contributed by atoms with Crippen LogP contribution in [0.15, 0.2) is 36.4 Å². The number of anilines is 2. The summed E-state index contributed by atoms with van der Waals surface area (Å²) >= 11 is 7.55. The van der Waals surface area contributed by atoms with Gasteiger partial charge in [-0.2, -0.15) is 0 Å². The Hall–Kier alpha value is -1.60. The number of rotatable bonds is 6. The molecule has 140 valence electrons. The summed E-state index contributed by atoms with van der Waals surface area (Å²) in [5, 5.41) is 3.02. The van der Waals surface area contributed by atoms with E-state index >= 15 is 0 Å². The summed E-state index contributed by atoms with van der Waals surface area (Å²) in [6.45, 7) is 6.07. The van der Waals surface area contributed by atoms with Crippen LogP contribution in [0.25, 0.3) is 0 Å². The highest BCUT2D eigenvalue weighted by atomic mass is 35.5. The van der Waals surface area contributed by atoms with Gasteiger partial charge in [0.15, 0.2) is 6.04 Å². The predicted molar refractivity (Wildman–Crippen MR) is 107 cm³/mol. The van der Waals surface area contributed by atoms with Crippen LogP contribution in [0.3, 0.4) is 0 Å². The molecule has 26 heavy (non-hydrogen) atoms. The summed E-state index contributed by atoms with van der Waals surface area (Å²) in [6, 6.07) is 11.8. The lowest BCUT2D eigenvalue weighted by Crippen LogP contribution is -3.12. The standard InChI is InChI=1S/C19H24ClN3O2S/c1-14(22(2)13-17-7-8-18(20)26-17)19(24)21-15-3-5-16(6-4-15)23-9-11-25-12-10-23/h3-8,14H,9-13H2,1-2H3,(H,21,24)/p+1/t14-/m0/s1. The first kappa shape index (κ1) is 19.2. The van der Waals surface area contributed by atoms with Gasteiger partial charge in [0.1, 0.15) is 6.54 Å². The van der Waals surface area contributed by atoms with E-state index in [9.17, 15) is 4.79 Å². The Morgan fingerprint density at radius 2 is 1.96 bits per heavy atom. The quantitative estimate of drug-likeness (QED) is 0.790. The fourth-order valence-corrected chi connectivity index (χ4v) is 4.11. The monoisotopic (exact) mass is 394 g/mol. The lowest BCUT2D eigenvalue weighted by molar-refractivity contribution is -0.907. The summed E-state index contributed by atoms with van der Waals surface area (Å²) in [4.78, 5) is 17.2. The van der Waals surface area contributed by atoms with Crippen LogP contribution >= 0.6 is 22.9 Å². The second-order valence-electron chi connectivity index (χ2n) is 6.59. The molecule has 1 aliphatic rings. The first-order valence-electron chi connectivity index (χ1n) is 8.83. The average Bonchev–Trinajstić information content (AvgIpc) is 3.07. The zero-order valence-electron chi connectivity index (χ0n) is 15.1. The molecule has 0 aliphatic carbocycles. The molecule has 7 heteroatoms. The third kappa shape index (κ3) is 4.98. The van der Waals surface area contributed by atoms with Crippen molar-refractivity contribution in [1.29, 1.82) is 0 Å². The van der Waals surface area contributed by atoms with E-state index in [1.54, 1.807) is 11.3 Å². The summed E-state index contributed by atoms with van der Waals surface area (Å²) in [7, 11) is 2.03. The summed E-state index contributed by atoms with van der Waals surface area (Å²) in [6.07, 6.45) is 0. The molecule has 2 aromatic rings. The zero-order valence-corrected chi connectivity index (χ0v) is 16.7. The Balaban J connectivity index is 1.54. The molecule has 1 saturated heterocycles. The number of carbonyl (C=O) groups excluding carboxylic acids is 1. The van der Waals surface area contributed by atoms with Crippen LogP contribution in [0.1, 0.15) is 11.8 Å². The van der Waals surface area contributed by atoms with Crippen molar-refractivity contribution in [2.75, 3.05) is 43.6 Å². The van der Waals surface area contributed by atoms with E-state index in [1.807, 2.05) is 38.2 Å². The van der Waals surface area contributed by atoms with Crippen LogP contribution in [0.5, 0.6) is 0 Å². The molecule has 1 fully saturated rings. The maximum Gasteiger partial charge on any atom is 0.282 e. The predicted octanol–water partition coefficient (Wildman–Crippen LogP) is 2.28. The van der Waals surface area contributed by atoms with Gasteiger partial charge >= 0.3 is 0 Å². The van der Waals surface area contributed by atoms with Gasteiger partial charge in [0.25, 0.3) is 5.91 Å². The van der Waals surface area contributed by atoms with Crippen molar-refractivity contribution in [3.05, 3.63) is 45.6 Å². The number of carbonyl (C=O) groups is 1. The summed E-state index contributed by atoms with van der Waals surface area (Å²) in [5.41, 5.74) is 1.99. The van der Waals surface area contributed by atoms with E-state index in [4.69, 9.17) is 16.3 Å². The van der Waals surface area contributed by atoms with E-state index in [0.29, 0.717) is 0 Å². The first-order valence-corrected chi connectivity index (χ1v) is 10.0. The lowest BCUT2D eigenvalue weighted by atomic mass is 10.2. The Kier molecular flexibility index (Phi) is 6.53. The number of halogens is 1. The van der Waals surface area contributed by atoms with Gasteiger partial charge in [0, 0.05) is 24.5 Å². The second-order valence-corrected chi connectivity index (χ2v) is 8.39. The number of nitrogens with one attached hydrogen (secondary N) is 2. The van der Waals surface area contributed by atoms with Crippen LogP contribution in [0.4, 0.5) is 11.4 Å². The molecule has 5 nitrogen and oxygen atoms in total. The maximum absolute atomic E-state index is 12.6. The van der Waals surface area contributed by atoms with Crippen LogP contribution in [0, 0.1) is 0 Å². The van der Waals surface area contributed by atoms with E-state index < -0.39 is 0 Å². The number of amides is 1. The SMILES string of the molecule is C[C@@H](C(=O)Nc1ccc(N2CCOCC2)cc1)[NH+](C)Cc1ccc(Cl)s1. The molecule has 2 heterocycles. The number of likely N-dealkylation sites (N-methyl/N-ethyl adjacent to an activating group) is 1. The van der Waals surface area contributed by atoms with Gasteiger partial charge in [-0.3, -0.25) is 4.79 Å². The molecule has 1 aliphatic heterocycles. The van der Waals surface area contributed by atoms with Crippen molar-refractivity contribution >= 4 is 40.2 Å². The molecule has 0 bridgehead atoms. The Morgan fingerprint density at radius 3 is 2.58 bits per heavy atom. The van der Waals surface area contributed by atoms with E-state index in [2.05, 4.69) is 22.3 Å². The van der Waals surface area contributed by atoms with Gasteiger partial charge in [-0.25, -0.2) is 0 Å². The van der Waals surface area contributed by atoms with Crippen molar-refractivity contribution in [3.8, 4) is 0 Å². The van der Waals surface area contributed by atoms with Gasteiger partial charge < -0.3 is 19.9 Å². The number of morpholine rings is 1. The van der Waals surface area contributed by atoms with E-state index in [1.165, 1.54) is 4.88 Å². The number of thiophene rings is 1. The zero-order chi connectivity index (χ0) is 18.5. The molecule has 1 unspecified atom stereocenters. The highest BCUT2D eigenvalue weighted by Gasteiger charge is 2.22. The van der Waals surface area contributed by atoms with Crippen LogP contribution < -0.4 is 15.1 Å². The van der Waals surface area contributed by atoms with Gasteiger partial charge in [-0.15, -0.1) is 11.3 Å². The summed E-state index contributed by atoms with van der Waals surface area (Å²) in [5.74, 6) is 0.0178. The molecule has 1 aromatic heterocycles. The lowest BCUT2D eigenvalue weighted by Gasteiger charge is -2.29. The van der Waals surface area contributed by atoms with E-state index in [0.717, 1.165) is 53.5 Å². The number of hydrogen-bond donors (Lipinski definition) is 2. The van der Waals surface area contributed by atoms with Gasteiger partial charge in [0.2, 0.25) is 0 Å². The number of benzene rings is 1. The number of nitrogens with zero attached hydrogens (tertiary/aromatic N) is 1. The minimum atomic E-state index is -0.158. The summed E-state index contributed by atoms with van der Waals surface area (Å²) < 4.78 is 6.17. The second kappa shape index (κ2) is 8.86. The maximum atomic E-state index is 12.6. The number of quaternary nitrogens is 1. The number of hydrogen-bond acceptors (Lipinski definition) is 4. The molecular weight excluding hydrogens is 370 g/mol. The van der Waals surface area contributed by atoms with Crippen LogP contribution in [-0.4, -0.2) is 45.3 Å². The molecule has 3 rings (SSSR count). The third-order valence-corrected chi connectivity index (χ3v) is 5.96. The van der Waals surface area contributed by atoms with Crippen molar-refractivity contribution in [2.24, 2.45) is 0 Å². The van der Waals surface area contributed by atoms with Crippen molar-refractivity contribution in [1.82, 2.24) is 0 Å². The van der Waals surface area contributed by atoms with Crippen molar-refractivity contribution in [2.45, 2.75) is 19.5 Å². The molecule has 0 saturated carbocycles. The molecule has 2 atom stereocenters. The topological polar surface area (TPSA) is 46.0 Å². The van der Waals surface area contributed by atoms with Gasteiger partial charge in [-0.1, -0.05) is 11.6 Å². The molecule has 1 amide bonds.